The molecule has 21 heavy (non-hydrogen) atoms. The molecule has 0 spiro atoms. The van der Waals surface area contributed by atoms with Crippen LogP contribution in [0.25, 0.3) is 0 Å². The second-order valence-electron chi connectivity index (χ2n) is 5.29. The van der Waals surface area contributed by atoms with Crippen LogP contribution in [0.4, 0.5) is 5.69 Å². The van der Waals surface area contributed by atoms with E-state index in [-0.39, 0.29) is 12.1 Å². The zero-order valence-electron chi connectivity index (χ0n) is 12.1. The molecule has 3 N–H and O–H groups in total. The van der Waals surface area contributed by atoms with Crippen molar-refractivity contribution in [3.63, 3.8) is 0 Å². The second-order valence-corrected chi connectivity index (χ2v) is 5.29. The number of carbonyl (C=O) groups is 1. The van der Waals surface area contributed by atoms with Crippen molar-refractivity contribution in [3.05, 3.63) is 39.4 Å². The quantitative estimate of drug-likeness (QED) is 0.498. The van der Waals surface area contributed by atoms with Gasteiger partial charge in [0.1, 0.15) is 5.56 Å². The van der Waals surface area contributed by atoms with Gasteiger partial charge in [-0.2, -0.15) is 0 Å². The molecule has 0 aliphatic heterocycles. The monoisotopic (exact) mass is 296 g/mol. The predicted octanol–water partition coefficient (Wildman–Crippen LogP) is 1.79. The van der Waals surface area contributed by atoms with Gasteiger partial charge in [-0.05, 0) is 17.9 Å². The number of aliphatic hydroxyl groups is 1. The first kappa shape index (κ1) is 17.1. The SMILES string of the molecule is CC(C)CC(O)CNCc1cccc([N+](=O)[O-])c1C(=O)O. The smallest absolute Gasteiger partial charge is 0.343 e. The molecule has 0 radical (unpaired) electrons. The predicted molar refractivity (Wildman–Crippen MR) is 77.2 cm³/mol. The molecule has 1 rings (SSSR count). The Morgan fingerprint density at radius 2 is 2.10 bits per heavy atom. The van der Waals surface area contributed by atoms with Crippen LogP contribution in [0, 0.1) is 16.0 Å². The Hall–Kier alpha value is -1.99. The Labute approximate surface area is 122 Å². The van der Waals surface area contributed by atoms with Crippen molar-refractivity contribution in [1.82, 2.24) is 5.32 Å². The van der Waals surface area contributed by atoms with E-state index in [0.29, 0.717) is 24.4 Å². The van der Waals surface area contributed by atoms with Gasteiger partial charge < -0.3 is 15.5 Å². The first-order valence-corrected chi connectivity index (χ1v) is 6.71. The highest BCUT2D eigenvalue weighted by molar-refractivity contribution is 5.94. The summed E-state index contributed by atoms with van der Waals surface area (Å²) in [5.74, 6) is -0.976. The van der Waals surface area contributed by atoms with Gasteiger partial charge in [0.05, 0.1) is 11.0 Å². The van der Waals surface area contributed by atoms with Crippen LogP contribution < -0.4 is 5.32 Å². The fourth-order valence-electron chi connectivity index (χ4n) is 2.13. The number of rotatable bonds is 8. The minimum absolute atomic E-state index is 0.151. The van der Waals surface area contributed by atoms with Crippen molar-refractivity contribution in [2.75, 3.05) is 6.54 Å². The van der Waals surface area contributed by atoms with Crippen molar-refractivity contribution < 1.29 is 19.9 Å². The second kappa shape index (κ2) is 7.70. The third-order valence-corrected chi connectivity index (χ3v) is 2.98. The summed E-state index contributed by atoms with van der Waals surface area (Å²) in [4.78, 5) is 21.4. The van der Waals surface area contributed by atoms with Crippen molar-refractivity contribution in [2.45, 2.75) is 32.9 Å². The van der Waals surface area contributed by atoms with Gasteiger partial charge >= 0.3 is 5.97 Å². The van der Waals surface area contributed by atoms with E-state index in [0.717, 1.165) is 0 Å². The lowest BCUT2D eigenvalue weighted by atomic mass is 10.0. The molecule has 0 saturated heterocycles. The molecule has 1 atom stereocenters. The van der Waals surface area contributed by atoms with Crippen LogP contribution in [-0.2, 0) is 6.54 Å². The zero-order valence-corrected chi connectivity index (χ0v) is 12.1. The van der Waals surface area contributed by atoms with Crippen molar-refractivity contribution in [1.29, 1.82) is 0 Å². The number of nitrogens with one attached hydrogen (secondary N) is 1. The van der Waals surface area contributed by atoms with Crippen molar-refractivity contribution >= 4 is 11.7 Å². The number of nitrogens with zero attached hydrogens (tertiary/aromatic N) is 1. The summed E-state index contributed by atoms with van der Waals surface area (Å²) in [6.07, 6.45) is 0.102. The van der Waals surface area contributed by atoms with Gasteiger partial charge in [0.2, 0.25) is 0 Å². The normalized spacial score (nSPS) is 12.4. The topological polar surface area (TPSA) is 113 Å². The maximum atomic E-state index is 11.2. The van der Waals surface area contributed by atoms with Gasteiger partial charge in [0.15, 0.2) is 0 Å². The van der Waals surface area contributed by atoms with Crippen molar-refractivity contribution in [3.8, 4) is 0 Å². The van der Waals surface area contributed by atoms with E-state index < -0.39 is 22.7 Å². The summed E-state index contributed by atoms with van der Waals surface area (Å²) >= 11 is 0. The third-order valence-electron chi connectivity index (χ3n) is 2.98. The Bertz CT molecular complexity index is 516. The molecule has 1 unspecified atom stereocenters. The van der Waals surface area contributed by atoms with Gasteiger partial charge in [-0.3, -0.25) is 10.1 Å². The summed E-state index contributed by atoms with van der Waals surface area (Å²) in [6.45, 7) is 4.44. The number of hydrogen-bond donors (Lipinski definition) is 3. The Morgan fingerprint density at radius 1 is 1.43 bits per heavy atom. The van der Waals surface area contributed by atoms with Gasteiger partial charge in [0, 0.05) is 19.2 Å². The number of nitro groups is 1. The average molecular weight is 296 g/mol. The van der Waals surface area contributed by atoms with E-state index in [1.54, 1.807) is 0 Å². The summed E-state index contributed by atoms with van der Waals surface area (Å²) in [5.41, 5.74) is -0.411. The van der Waals surface area contributed by atoms with E-state index in [1.807, 2.05) is 13.8 Å². The molecular formula is C14H20N2O5. The molecule has 1 aromatic rings. The van der Waals surface area contributed by atoms with Gasteiger partial charge in [-0.25, -0.2) is 4.79 Å². The molecule has 116 valence electrons. The summed E-state index contributed by atoms with van der Waals surface area (Å²) in [5, 5.41) is 32.7. The van der Waals surface area contributed by atoms with Crippen LogP contribution in [-0.4, -0.2) is 33.8 Å². The molecule has 0 aliphatic rings. The van der Waals surface area contributed by atoms with Crippen LogP contribution in [0.1, 0.15) is 36.2 Å². The first-order valence-electron chi connectivity index (χ1n) is 6.71. The minimum atomic E-state index is -1.33. The summed E-state index contributed by atoms with van der Waals surface area (Å²) in [7, 11) is 0. The van der Waals surface area contributed by atoms with Gasteiger partial charge in [-0.15, -0.1) is 0 Å². The Morgan fingerprint density at radius 3 is 2.62 bits per heavy atom. The highest BCUT2D eigenvalue weighted by Crippen LogP contribution is 2.22. The molecule has 0 aliphatic carbocycles. The minimum Gasteiger partial charge on any atom is -0.477 e. The number of carboxylic acids is 1. The Kier molecular flexibility index (Phi) is 6.26. The lowest BCUT2D eigenvalue weighted by Crippen LogP contribution is -2.28. The number of aliphatic hydroxyl groups excluding tert-OH is 1. The molecule has 7 heteroatoms. The number of carboxylic acid groups (broad SMARTS) is 1. The van der Waals surface area contributed by atoms with Crippen LogP contribution in [0.5, 0.6) is 0 Å². The number of nitro benzene ring substituents is 1. The molecule has 0 amide bonds. The Balaban J connectivity index is 2.77. The first-order chi connectivity index (χ1) is 9.82. The lowest BCUT2D eigenvalue weighted by molar-refractivity contribution is -0.385. The summed E-state index contributed by atoms with van der Waals surface area (Å²) < 4.78 is 0. The number of aromatic carboxylic acids is 1. The zero-order chi connectivity index (χ0) is 16.0. The van der Waals surface area contributed by atoms with Crippen LogP contribution in [0.3, 0.4) is 0 Å². The third kappa shape index (κ3) is 5.13. The van der Waals surface area contributed by atoms with Crippen LogP contribution in [0.15, 0.2) is 18.2 Å². The molecule has 7 nitrogen and oxygen atoms in total. The van der Waals surface area contributed by atoms with Gasteiger partial charge in [0.25, 0.3) is 5.69 Å². The lowest BCUT2D eigenvalue weighted by Gasteiger charge is -2.14. The summed E-state index contributed by atoms with van der Waals surface area (Å²) in [6, 6.07) is 4.14. The standard InChI is InChI=1S/C14H20N2O5/c1-9(2)6-11(17)8-15-7-10-4-3-5-12(16(20)21)13(10)14(18)19/h3-5,9,11,15,17H,6-8H2,1-2H3,(H,18,19). The maximum Gasteiger partial charge on any atom is 0.343 e. The average Bonchev–Trinajstić information content (AvgIpc) is 2.37. The van der Waals surface area contributed by atoms with E-state index in [2.05, 4.69) is 5.32 Å². The highest BCUT2D eigenvalue weighted by atomic mass is 16.6. The molecule has 0 heterocycles. The number of benzene rings is 1. The van der Waals surface area contributed by atoms with Crippen LogP contribution in [0.2, 0.25) is 0 Å². The fourth-order valence-corrected chi connectivity index (χ4v) is 2.13. The molecule has 0 bridgehead atoms. The van der Waals surface area contributed by atoms with Crippen molar-refractivity contribution in [2.24, 2.45) is 5.92 Å². The largest absolute Gasteiger partial charge is 0.477 e. The molecule has 1 aromatic carbocycles. The maximum absolute atomic E-state index is 11.2. The molecule has 0 aromatic heterocycles. The van der Waals surface area contributed by atoms with E-state index in [1.165, 1.54) is 18.2 Å². The van der Waals surface area contributed by atoms with E-state index in [4.69, 9.17) is 5.11 Å². The van der Waals surface area contributed by atoms with Crippen LogP contribution >= 0.6 is 0 Å². The van der Waals surface area contributed by atoms with E-state index >= 15 is 0 Å². The fraction of sp³-hybridized carbons (Fsp3) is 0.500. The molecular weight excluding hydrogens is 276 g/mol. The van der Waals surface area contributed by atoms with Gasteiger partial charge in [-0.1, -0.05) is 26.0 Å². The molecule has 0 fully saturated rings. The molecule has 0 saturated carbocycles. The highest BCUT2D eigenvalue weighted by Gasteiger charge is 2.23. The number of hydrogen-bond acceptors (Lipinski definition) is 5. The van der Waals surface area contributed by atoms with E-state index in [9.17, 15) is 20.0 Å².